The van der Waals surface area contributed by atoms with E-state index >= 15 is 0 Å². The van der Waals surface area contributed by atoms with E-state index in [4.69, 9.17) is 10.2 Å². The summed E-state index contributed by atoms with van der Waals surface area (Å²) in [5.74, 6) is 0.168. The Hall–Kier alpha value is -3.13. The molecule has 0 aliphatic carbocycles. The smallest absolute Gasteiger partial charge is 0.230 e. The molecule has 0 fully saturated rings. The molecule has 1 atom stereocenters. The van der Waals surface area contributed by atoms with Crippen molar-refractivity contribution in [3.05, 3.63) is 70.0 Å². The zero-order valence-electron chi connectivity index (χ0n) is 19.9. The number of hydrogen-bond donors (Lipinski definition) is 1. The molecule has 0 radical (unpaired) electrons. The van der Waals surface area contributed by atoms with Gasteiger partial charge in [-0.25, -0.2) is 13.4 Å². The third kappa shape index (κ3) is 5.59. The van der Waals surface area contributed by atoms with Gasteiger partial charge in [-0.3, -0.25) is 14.7 Å². The highest BCUT2D eigenvalue weighted by Gasteiger charge is 2.36. The van der Waals surface area contributed by atoms with E-state index in [9.17, 15) is 13.2 Å². The van der Waals surface area contributed by atoms with Crippen molar-refractivity contribution in [2.24, 2.45) is 5.92 Å². The van der Waals surface area contributed by atoms with Crippen LogP contribution in [0.25, 0.3) is 0 Å². The van der Waals surface area contributed by atoms with Crippen molar-refractivity contribution < 1.29 is 13.2 Å². The summed E-state index contributed by atoms with van der Waals surface area (Å²) >= 11 is 1.48. The van der Waals surface area contributed by atoms with E-state index < -0.39 is 9.84 Å². The number of thiazole rings is 1. The largest absolute Gasteiger partial charge is 0.302 e. The second-order valence-corrected chi connectivity index (χ2v) is 12.2. The molecule has 35 heavy (non-hydrogen) atoms. The van der Waals surface area contributed by atoms with Crippen molar-refractivity contribution in [1.29, 1.82) is 5.26 Å². The Bertz CT molecular complexity index is 1360. The van der Waals surface area contributed by atoms with Crippen LogP contribution in [0.4, 0.5) is 5.13 Å². The number of nitriles is 1. The predicted molar refractivity (Wildman–Crippen MR) is 134 cm³/mol. The van der Waals surface area contributed by atoms with Crippen LogP contribution in [0.1, 0.15) is 54.2 Å². The molecule has 1 amide bonds. The molecular formula is C25H27N5O3S2. The van der Waals surface area contributed by atoms with E-state index in [1.54, 1.807) is 43.5 Å². The molecule has 1 aliphatic heterocycles. The minimum absolute atomic E-state index is 0.0420. The van der Waals surface area contributed by atoms with Gasteiger partial charge in [0.25, 0.3) is 0 Å². The van der Waals surface area contributed by atoms with E-state index in [1.807, 2.05) is 6.07 Å². The molecule has 0 spiro atoms. The SMILES string of the molecule is CCS(=O)(=O)c1ccc(CC(=O)Nc2nc3c(s2)CN(Cc2ccc(C#N)cn2)[C@@H]3C(C)C)cc1. The average molecular weight is 510 g/mol. The number of pyridine rings is 1. The summed E-state index contributed by atoms with van der Waals surface area (Å²) in [6, 6.07) is 12.3. The Morgan fingerprint density at radius 2 is 2.00 bits per heavy atom. The molecule has 4 rings (SSSR count). The summed E-state index contributed by atoms with van der Waals surface area (Å²) < 4.78 is 23.9. The molecule has 10 heteroatoms. The van der Waals surface area contributed by atoms with Crippen LogP contribution in [0.5, 0.6) is 0 Å². The standard InChI is InChI=1S/C25H27N5O3S2/c1-4-35(32,33)20-9-6-17(7-10-20)11-22(31)28-25-29-23-21(34-25)15-30(24(23)16(2)3)14-19-8-5-18(12-26)13-27-19/h5-10,13,16,24H,4,11,14-15H2,1-3H3,(H,28,29,31)/t24-/m1/s1. The number of benzene rings is 1. The summed E-state index contributed by atoms with van der Waals surface area (Å²) in [5, 5.41) is 12.5. The van der Waals surface area contributed by atoms with E-state index in [-0.39, 0.29) is 29.0 Å². The van der Waals surface area contributed by atoms with Gasteiger partial charge in [-0.2, -0.15) is 5.26 Å². The molecule has 0 saturated heterocycles. The van der Waals surface area contributed by atoms with Gasteiger partial charge in [-0.05, 0) is 35.7 Å². The van der Waals surface area contributed by atoms with Crippen LogP contribution < -0.4 is 5.32 Å². The summed E-state index contributed by atoms with van der Waals surface area (Å²) in [5.41, 5.74) is 3.17. The summed E-state index contributed by atoms with van der Waals surface area (Å²) in [6.07, 6.45) is 1.73. The lowest BCUT2D eigenvalue weighted by molar-refractivity contribution is -0.115. The number of rotatable bonds is 8. The number of hydrogen-bond acceptors (Lipinski definition) is 8. The van der Waals surface area contributed by atoms with Crippen molar-refractivity contribution in [2.75, 3.05) is 11.1 Å². The normalized spacial score (nSPS) is 15.7. The first-order valence-corrected chi connectivity index (χ1v) is 13.9. The number of aromatic nitrogens is 2. The molecule has 1 N–H and O–H groups in total. The van der Waals surface area contributed by atoms with Crippen LogP contribution in [0.2, 0.25) is 0 Å². The Kier molecular flexibility index (Phi) is 7.31. The van der Waals surface area contributed by atoms with E-state index in [2.05, 4.69) is 35.1 Å². The Labute approximate surface area is 209 Å². The first kappa shape index (κ1) is 25.0. The molecule has 3 aromatic rings. The quantitative estimate of drug-likeness (QED) is 0.486. The zero-order chi connectivity index (χ0) is 25.2. The zero-order valence-corrected chi connectivity index (χ0v) is 21.5. The van der Waals surface area contributed by atoms with E-state index in [0.717, 1.165) is 28.4 Å². The van der Waals surface area contributed by atoms with Crippen LogP contribution in [0.15, 0.2) is 47.5 Å². The molecule has 3 heterocycles. The lowest BCUT2D eigenvalue weighted by Crippen LogP contribution is -2.26. The van der Waals surface area contributed by atoms with Gasteiger partial charge in [0.05, 0.1) is 40.1 Å². The predicted octanol–water partition coefficient (Wildman–Crippen LogP) is 4.10. The highest BCUT2D eigenvalue weighted by atomic mass is 32.2. The van der Waals surface area contributed by atoms with Crippen LogP contribution in [-0.2, 0) is 34.1 Å². The van der Waals surface area contributed by atoms with Crippen LogP contribution in [0.3, 0.4) is 0 Å². The van der Waals surface area contributed by atoms with Gasteiger partial charge < -0.3 is 5.32 Å². The lowest BCUT2D eigenvalue weighted by Gasteiger charge is -2.27. The Morgan fingerprint density at radius 3 is 2.60 bits per heavy atom. The van der Waals surface area contributed by atoms with Crippen molar-refractivity contribution in [2.45, 2.75) is 51.2 Å². The van der Waals surface area contributed by atoms with Gasteiger partial charge in [-0.1, -0.05) is 32.9 Å². The Balaban J connectivity index is 1.41. The average Bonchev–Trinajstić information content (AvgIpc) is 3.36. The number of sulfone groups is 1. The minimum Gasteiger partial charge on any atom is -0.302 e. The third-order valence-corrected chi connectivity index (χ3v) is 8.69. The summed E-state index contributed by atoms with van der Waals surface area (Å²) in [7, 11) is -3.26. The van der Waals surface area contributed by atoms with E-state index in [1.165, 1.54) is 11.3 Å². The number of anilines is 1. The molecule has 182 valence electrons. The van der Waals surface area contributed by atoms with Crippen LogP contribution in [0, 0.1) is 17.2 Å². The van der Waals surface area contributed by atoms with Gasteiger partial charge >= 0.3 is 0 Å². The lowest BCUT2D eigenvalue weighted by atomic mass is 10.0. The molecule has 0 unspecified atom stereocenters. The number of nitrogens with zero attached hydrogens (tertiary/aromatic N) is 4. The highest BCUT2D eigenvalue weighted by molar-refractivity contribution is 7.91. The van der Waals surface area contributed by atoms with Crippen molar-refractivity contribution in [1.82, 2.24) is 14.9 Å². The fourth-order valence-electron chi connectivity index (χ4n) is 4.23. The number of amides is 1. The second kappa shape index (κ2) is 10.2. The molecule has 8 nitrogen and oxygen atoms in total. The van der Waals surface area contributed by atoms with Gasteiger partial charge in [-0.15, -0.1) is 11.3 Å². The van der Waals surface area contributed by atoms with Gasteiger partial charge in [0.2, 0.25) is 5.91 Å². The topological polar surface area (TPSA) is 116 Å². The minimum atomic E-state index is -3.26. The molecule has 1 aliphatic rings. The van der Waals surface area contributed by atoms with Crippen molar-refractivity contribution in [3.8, 4) is 6.07 Å². The highest BCUT2D eigenvalue weighted by Crippen LogP contribution is 2.42. The van der Waals surface area contributed by atoms with Gasteiger partial charge in [0.1, 0.15) is 6.07 Å². The summed E-state index contributed by atoms with van der Waals surface area (Å²) in [4.78, 5) is 25.5. The molecular weight excluding hydrogens is 482 g/mol. The monoisotopic (exact) mass is 509 g/mol. The maximum absolute atomic E-state index is 12.6. The number of carbonyl (C=O) groups excluding carboxylic acids is 1. The molecule has 1 aromatic carbocycles. The Morgan fingerprint density at radius 1 is 1.26 bits per heavy atom. The maximum atomic E-state index is 12.6. The van der Waals surface area contributed by atoms with E-state index in [0.29, 0.717) is 23.2 Å². The van der Waals surface area contributed by atoms with Crippen molar-refractivity contribution in [3.63, 3.8) is 0 Å². The van der Waals surface area contributed by atoms with Crippen LogP contribution >= 0.6 is 11.3 Å². The number of fused-ring (bicyclic) bond motifs is 1. The molecule has 2 aromatic heterocycles. The molecule has 0 bridgehead atoms. The number of nitrogens with one attached hydrogen (secondary N) is 1. The first-order chi connectivity index (χ1) is 16.7. The fourth-order valence-corrected chi connectivity index (χ4v) is 6.16. The fraction of sp³-hybridized carbons (Fsp3) is 0.360. The van der Waals surface area contributed by atoms with Gasteiger partial charge in [0.15, 0.2) is 15.0 Å². The maximum Gasteiger partial charge on any atom is 0.230 e. The number of carbonyl (C=O) groups is 1. The van der Waals surface area contributed by atoms with Crippen LogP contribution in [-0.4, -0.2) is 34.9 Å². The molecule has 0 saturated carbocycles. The summed E-state index contributed by atoms with van der Waals surface area (Å²) in [6.45, 7) is 7.29. The first-order valence-electron chi connectivity index (χ1n) is 11.4. The van der Waals surface area contributed by atoms with Crippen molar-refractivity contribution >= 4 is 32.2 Å². The van der Waals surface area contributed by atoms with Gasteiger partial charge in [0, 0.05) is 24.2 Å². The third-order valence-electron chi connectivity index (χ3n) is 5.97. The second-order valence-electron chi connectivity index (χ2n) is 8.84.